The van der Waals surface area contributed by atoms with Crippen LogP contribution in [0.4, 0.5) is 5.69 Å². The van der Waals surface area contributed by atoms with Crippen LogP contribution in [0.2, 0.25) is 0 Å². The van der Waals surface area contributed by atoms with Crippen LogP contribution in [0.5, 0.6) is 0 Å². The topological polar surface area (TPSA) is 55.1 Å². The SMILES string of the molecule is NC(=O)C1CCNc2ccc(-c3ccccc3)cc21. The molecule has 0 saturated carbocycles. The van der Waals surface area contributed by atoms with E-state index in [2.05, 4.69) is 29.6 Å². The quantitative estimate of drug-likeness (QED) is 0.863. The van der Waals surface area contributed by atoms with Gasteiger partial charge in [0.2, 0.25) is 5.91 Å². The molecule has 0 spiro atoms. The van der Waals surface area contributed by atoms with Gasteiger partial charge in [-0.15, -0.1) is 0 Å². The lowest BCUT2D eigenvalue weighted by Crippen LogP contribution is -2.27. The van der Waals surface area contributed by atoms with E-state index < -0.39 is 0 Å². The maximum absolute atomic E-state index is 11.6. The van der Waals surface area contributed by atoms with Crippen LogP contribution < -0.4 is 11.1 Å². The van der Waals surface area contributed by atoms with E-state index in [4.69, 9.17) is 5.73 Å². The van der Waals surface area contributed by atoms with Gasteiger partial charge in [0.1, 0.15) is 0 Å². The molecule has 2 aromatic carbocycles. The standard InChI is InChI=1S/C16H16N2O/c17-16(19)13-8-9-18-15-7-6-12(10-14(13)15)11-4-2-1-3-5-11/h1-7,10,13,18H,8-9H2,(H2,17,19). The zero-order valence-corrected chi connectivity index (χ0v) is 10.6. The van der Waals surface area contributed by atoms with Gasteiger partial charge in [0.25, 0.3) is 0 Å². The number of hydrogen-bond acceptors (Lipinski definition) is 2. The van der Waals surface area contributed by atoms with E-state index in [9.17, 15) is 4.79 Å². The van der Waals surface area contributed by atoms with Gasteiger partial charge in [-0.3, -0.25) is 4.79 Å². The van der Waals surface area contributed by atoms with E-state index in [-0.39, 0.29) is 11.8 Å². The molecular formula is C16H16N2O. The molecule has 0 aromatic heterocycles. The molecule has 96 valence electrons. The van der Waals surface area contributed by atoms with Gasteiger partial charge in [-0.2, -0.15) is 0 Å². The Bertz CT molecular complexity index is 607. The molecule has 0 aliphatic carbocycles. The summed E-state index contributed by atoms with van der Waals surface area (Å²) in [5, 5.41) is 3.32. The van der Waals surface area contributed by atoms with Crippen LogP contribution in [0.15, 0.2) is 48.5 Å². The van der Waals surface area contributed by atoms with E-state index in [1.54, 1.807) is 0 Å². The summed E-state index contributed by atoms with van der Waals surface area (Å²) in [5.74, 6) is -0.423. The fourth-order valence-corrected chi connectivity index (χ4v) is 2.62. The molecule has 1 aliphatic heterocycles. The lowest BCUT2D eigenvalue weighted by molar-refractivity contribution is -0.119. The fourth-order valence-electron chi connectivity index (χ4n) is 2.62. The minimum absolute atomic E-state index is 0.181. The Labute approximate surface area is 112 Å². The number of fused-ring (bicyclic) bond motifs is 1. The van der Waals surface area contributed by atoms with Crippen LogP contribution >= 0.6 is 0 Å². The number of carbonyl (C=O) groups is 1. The Morgan fingerprint density at radius 1 is 1.11 bits per heavy atom. The van der Waals surface area contributed by atoms with Crippen LogP contribution in [-0.2, 0) is 4.79 Å². The van der Waals surface area contributed by atoms with Gasteiger partial charge in [0, 0.05) is 12.2 Å². The van der Waals surface area contributed by atoms with Crippen molar-refractivity contribution in [3.05, 3.63) is 54.1 Å². The Kier molecular flexibility index (Phi) is 2.95. The van der Waals surface area contributed by atoms with Gasteiger partial charge in [-0.25, -0.2) is 0 Å². The molecule has 0 saturated heterocycles. The lowest BCUT2D eigenvalue weighted by atomic mass is 9.88. The Balaban J connectivity index is 2.07. The number of nitrogens with two attached hydrogens (primary N) is 1. The summed E-state index contributed by atoms with van der Waals surface area (Å²) in [6, 6.07) is 16.3. The molecule has 0 radical (unpaired) electrons. The molecule has 0 fully saturated rings. The molecule has 1 aliphatic rings. The van der Waals surface area contributed by atoms with E-state index in [1.807, 2.05) is 24.3 Å². The Hall–Kier alpha value is -2.29. The largest absolute Gasteiger partial charge is 0.385 e. The van der Waals surface area contributed by atoms with Crippen molar-refractivity contribution in [2.45, 2.75) is 12.3 Å². The van der Waals surface area contributed by atoms with Crippen molar-refractivity contribution < 1.29 is 4.79 Å². The molecular weight excluding hydrogens is 236 g/mol. The van der Waals surface area contributed by atoms with Crippen LogP contribution in [0.3, 0.4) is 0 Å². The number of amides is 1. The molecule has 0 bridgehead atoms. The van der Waals surface area contributed by atoms with Crippen molar-refractivity contribution in [3.63, 3.8) is 0 Å². The third-order valence-corrected chi connectivity index (χ3v) is 3.63. The van der Waals surface area contributed by atoms with Crippen LogP contribution in [0, 0.1) is 0 Å². The predicted molar refractivity (Wildman–Crippen MR) is 76.9 cm³/mol. The summed E-state index contributed by atoms with van der Waals surface area (Å²) in [4.78, 5) is 11.6. The molecule has 2 aromatic rings. The maximum Gasteiger partial charge on any atom is 0.225 e. The summed E-state index contributed by atoms with van der Waals surface area (Å²) < 4.78 is 0. The number of hydrogen-bond donors (Lipinski definition) is 2. The van der Waals surface area contributed by atoms with Gasteiger partial charge >= 0.3 is 0 Å². The second-order valence-electron chi connectivity index (χ2n) is 4.84. The van der Waals surface area contributed by atoms with Crippen LogP contribution in [0.25, 0.3) is 11.1 Å². The summed E-state index contributed by atoms with van der Waals surface area (Å²) in [6.07, 6.45) is 0.764. The second-order valence-corrected chi connectivity index (χ2v) is 4.84. The van der Waals surface area contributed by atoms with E-state index >= 15 is 0 Å². The van der Waals surface area contributed by atoms with Crippen LogP contribution in [-0.4, -0.2) is 12.5 Å². The lowest BCUT2D eigenvalue weighted by Gasteiger charge is -2.25. The van der Waals surface area contributed by atoms with Crippen LogP contribution in [0.1, 0.15) is 17.9 Å². The molecule has 3 nitrogen and oxygen atoms in total. The van der Waals surface area contributed by atoms with Crippen molar-refractivity contribution in [1.82, 2.24) is 0 Å². The molecule has 1 atom stereocenters. The third-order valence-electron chi connectivity index (χ3n) is 3.63. The van der Waals surface area contributed by atoms with E-state index in [1.165, 1.54) is 0 Å². The number of rotatable bonds is 2. The molecule has 1 amide bonds. The maximum atomic E-state index is 11.6. The van der Waals surface area contributed by atoms with Crippen molar-refractivity contribution in [2.24, 2.45) is 5.73 Å². The normalized spacial score (nSPS) is 17.4. The highest BCUT2D eigenvalue weighted by atomic mass is 16.1. The van der Waals surface area contributed by atoms with Crippen molar-refractivity contribution >= 4 is 11.6 Å². The fraction of sp³-hybridized carbons (Fsp3) is 0.188. The zero-order valence-electron chi connectivity index (χ0n) is 10.6. The summed E-state index contributed by atoms with van der Waals surface area (Å²) in [6.45, 7) is 0.797. The number of carbonyl (C=O) groups excluding carboxylic acids is 1. The van der Waals surface area contributed by atoms with E-state index in [0.29, 0.717) is 0 Å². The first-order chi connectivity index (χ1) is 9.25. The average Bonchev–Trinajstić information content (AvgIpc) is 2.47. The number of anilines is 1. The molecule has 19 heavy (non-hydrogen) atoms. The molecule has 3 heteroatoms. The van der Waals surface area contributed by atoms with E-state index in [0.717, 1.165) is 35.3 Å². The van der Waals surface area contributed by atoms with Gasteiger partial charge in [0.15, 0.2) is 0 Å². The number of benzene rings is 2. The van der Waals surface area contributed by atoms with Gasteiger partial charge in [-0.05, 0) is 35.2 Å². The van der Waals surface area contributed by atoms with Crippen molar-refractivity contribution in [2.75, 3.05) is 11.9 Å². The molecule has 3 rings (SSSR count). The third kappa shape index (κ3) is 2.19. The van der Waals surface area contributed by atoms with Gasteiger partial charge in [0.05, 0.1) is 5.92 Å². The van der Waals surface area contributed by atoms with Crippen molar-refractivity contribution in [3.8, 4) is 11.1 Å². The Morgan fingerprint density at radius 2 is 1.89 bits per heavy atom. The molecule has 1 unspecified atom stereocenters. The summed E-state index contributed by atoms with van der Waals surface area (Å²) >= 11 is 0. The molecule has 3 N–H and O–H groups in total. The summed E-state index contributed by atoms with van der Waals surface area (Å²) in [7, 11) is 0. The first-order valence-electron chi connectivity index (χ1n) is 6.48. The first-order valence-corrected chi connectivity index (χ1v) is 6.48. The minimum Gasteiger partial charge on any atom is -0.385 e. The molecule has 1 heterocycles. The highest BCUT2D eigenvalue weighted by Gasteiger charge is 2.24. The van der Waals surface area contributed by atoms with Gasteiger partial charge in [-0.1, -0.05) is 36.4 Å². The number of primary amides is 1. The Morgan fingerprint density at radius 3 is 2.63 bits per heavy atom. The zero-order chi connectivity index (χ0) is 13.2. The highest BCUT2D eigenvalue weighted by molar-refractivity contribution is 5.86. The first kappa shape index (κ1) is 11.8. The minimum atomic E-state index is -0.243. The number of nitrogens with one attached hydrogen (secondary N) is 1. The van der Waals surface area contributed by atoms with Gasteiger partial charge < -0.3 is 11.1 Å². The van der Waals surface area contributed by atoms with Crippen molar-refractivity contribution in [1.29, 1.82) is 0 Å². The highest BCUT2D eigenvalue weighted by Crippen LogP contribution is 2.34. The second kappa shape index (κ2) is 4.76. The smallest absolute Gasteiger partial charge is 0.225 e. The monoisotopic (exact) mass is 252 g/mol. The summed E-state index contributed by atoms with van der Waals surface area (Å²) in [5.41, 5.74) is 9.81. The predicted octanol–water partition coefficient (Wildman–Crippen LogP) is 2.74. The average molecular weight is 252 g/mol.